The van der Waals surface area contributed by atoms with Crippen LogP contribution in [0, 0.1) is 13.8 Å². The number of amides is 1. The molecule has 0 atom stereocenters. The van der Waals surface area contributed by atoms with Crippen LogP contribution < -0.4 is 0 Å². The van der Waals surface area contributed by atoms with Crippen LogP contribution in [-0.4, -0.2) is 47.7 Å². The van der Waals surface area contributed by atoms with Gasteiger partial charge in [0.1, 0.15) is 5.69 Å². The molecule has 6 nitrogen and oxygen atoms in total. The summed E-state index contributed by atoms with van der Waals surface area (Å²) in [6.45, 7) is 9.00. The number of carbonyl (C=O) groups excluding carboxylic acids is 3. The van der Waals surface area contributed by atoms with Crippen molar-refractivity contribution in [3.8, 4) is 0 Å². The van der Waals surface area contributed by atoms with Gasteiger partial charge in [0.05, 0.1) is 13.7 Å². The normalized spacial score (nSPS) is 10.2. The molecule has 1 rings (SSSR count). The second-order valence-corrected chi connectivity index (χ2v) is 4.96. The van der Waals surface area contributed by atoms with E-state index in [0.717, 1.165) is 0 Å². The second-order valence-electron chi connectivity index (χ2n) is 4.96. The minimum atomic E-state index is -0.521. The van der Waals surface area contributed by atoms with Gasteiger partial charge in [0.25, 0.3) is 0 Å². The fourth-order valence-corrected chi connectivity index (χ4v) is 2.36. The van der Waals surface area contributed by atoms with Crippen LogP contribution in [0.2, 0.25) is 0 Å². The van der Waals surface area contributed by atoms with Crippen LogP contribution in [0.5, 0.6) is 0 Å². The standard InChI is InChI=1S/C16H22N2O4/c1-6-8-18(13(20)7-2)9-12(19)14-10(3)15(16(21)22-5)17-11(14)4/h6,17H,1,7-9H2,2-5H3. The molecule has 0 saturated heterocycles. The summed E-state index contributed by atoms with van der Waals surface area (Å²) in [7, 11) is 1.28. The Hall–Kier alpha value is -2.37. The van der Waals surface area contributed by atoms with Crippen molar-refractivity contribution in [2.24, 2.45) is 0 Å². The number of ketones is 1. The lowest BCUT2D eigenvalue weighted by Gasteiger charge is -2.19. The van der Waals surface area contributed by atoms with E-state index in [0.29, 0.717) is 29.8 Å². The van der Waals surface area contributed by atoms with Crippen molar-refractivity contribution < 1.29 is 19.1 Å². The highest BCUT2D eigenvalue weighted by atomic mass is 16.5. The number of carbonyl (C=O) groups is 3. The Morgan fingerprint density at radius 1 is 1.32 bits per heavy atom. The molecular weight excluding hydrogens is 284 g/mol. The number of esters is 1. The monoisotopic (exact) mass is 306 g/mol. The predicted molar refractivity (Wildman–Crippen MR) is 83.0 cm³/mol. The van der Waals surface area contributed by atoms with Gasteiger partial charge in [-0.2, -0.15) is 0 Å². The van der Waals surface area contributed by atoms with Crippen LogP contribution in [0.25, 0.3) is 0 Å². The molecule has 0 unspecified atom stereocenters. The Morgan fingerprint density at radius 2 is 1.95 bits per heavy atom. The molecule has 22 heavy (non-hydrogen) atoms. The number of hydrogen-bond acceptors (Lipinski definition) is 4. The zero-order valence-electron chi connectivity index (χ0n) is 13.5. The summed E-state index contributed by atoms with van der Waals surface area (Å²) >= 11 is 0. The van der Waals surface area contributed by atoms with Gasteiger partial charge in [0, 0.05) is 24.2 Å². The van der Waals surface area contributed by atoms with Crippen molar-refractivity contribution in [1.29, 1.82) is 0 Å². The van der Waals surface area contributed by atoms with E-state index in [2.05, 4.69) is 16.3 Å². The van der Waals surface area contributed by atoms with Gasteiger partial charge in [0.2, 0.25) is 5.91 Å². The number of nitrogens with one attached hydrogen (secondary N) is 1. The molecule has 1 amide bonds. The van der Waals surface area contributed by atoms with Gasteiger partial charge in [-0.05, 0) is 19.4 Å². The van der Waals surface area contributed by atoms with Gasteiger partial charge in [0.15, 0.2) is 5.78 Å². The van der Waals surface area contributed by atoms with Crippen LogP contribution >= 0.6 is 0 Å². The maximum Gasteiger partial charge on any atom is 0.354 e. The number of Topliss-reactive ketones (excluding diaryl/α,β-unsaturated/α-hetero) is 1. The number of methoxy groups -OCH3 is 1. The first-order chi connectivity index (χ1) is 10.4. The molecule has 0 aliphatic rings. The van der Waals surface area contributed by atoms with Crippen LogP contribution in [-0.2, 0) is 9.53 Å². The molecule has 120 valence electrons. The highest BCUT2D eigenvalue weighted by Gasteiger charge is 2.24. The van der Waals surface area contributed by atoms with Gasteiger partial charge in [-0.3, -0.25) is 9.59 Å². The SMILES string of the molecule is C=CCN(CC(=O)c1c(C)[nH]c(C(=O)OC)c1C)C(=O)CC. The topological polar surface area (TPSA) is 79.5 Å². The number of rotatable bonds is 7. The fraction of sp³-hybridized carbons (Fsp3) is 0.438. The molecular formula is C16H22N2O4. The van der Waals surface area contributed by atoms with E-state index >= 15 is 0 Å². The average molecular weight is 306 g/mol. The lowest BCUT2D eigenvalue weighted by molar-refractivity contribution is -0.129. The van der Waals surface area contributed by atoms with E-state index in [1.165, 1.54) is 12.0 Å². The van der Waals surface area contributed by atoms with Gasteiger partial charge >= 0.3 is 5.97 Å². The van der Waals surface area contributed by atoms with Crippen molar-refractivity contribution in [2.45, 2.75) is 27.2 Å². The summed E-state index contributed by atoms with van der Waals surface area (Å²) in [5.74, 6) is -0.857. The largest absolute Gasteiger partial charge is 0.464 e. The highest BCUT2D eigenvalue weighted by molar-refractivity contribution is 6.04. The number of H-pyrrole nitrogens is 1. The van der Waals surface area contributed by atoms with Crippen molar-refractivity contribution in [1.82, 2.24) is 9.88 Å². The smallest absolute Gasteiger partial charge is 0.354 e. The number of hydrogen-bond donors (Lipinski definition) is 1. The first-order valence-electron chi connectivity index (χ1n) is 7.06. The van der Waals surface area contributed by atoms with Crippen LogP contribution in [0.15, 0.2) is 12.7 Å². The first kappa shape index (κ1) is 17.7. The van der Waals surface area contributed by atoms with Crippen molar-refractivity contribution in [2.75, 3.05) is 20.2 Å². The molecule has 0 aliphatic heterocycles. The zero-order valence-corrected chi connectivity index (χ0v) is 13.5. The Morgan fingerprint density at radius 3 is 2.45 bits per heavy atom. The predicted octanol–water partition coefficient (Wildman–Crippen LogP) is 2.03. The van der Waals surface area contributed by atoms with Gasteiger partial charge in [-0.1, -0.05) is 13.0 Å². The molecule has 1 aromatic heterocycles. The Labute approximate surface area is 130 Å². The van der Waals surface area contributed by atoms with Crippen molar-refractivity contribution in [3.63, 3.8) is 0 Å². The molecule has 6 heteroatoms. The quantitative estimate of drug-likeness (QED) is 0.475. The number of aromatic nitrogens is 1. The fourth-order valence-electron chi connectivity index (χ4n) is 2.36. The molecule has 1 N–H and O–H groups in total. The number of ether oxygens (including phenoxy) is 1. The lowest BCUT2D eigenvalue weighted by atomic mass is 10.1. The Balaban J connectivity index is 3.07. The molecule has 1 aromatic rings. The number of aromatic amines is 1. The van der Waals surface area contributed by atoms with Gasteiger partial charge in [-0.25, -0.2) is 4.79 Å². The highest BCUT2D eigenvalue weighted by Crippen LogP contribution is 2.19. The van der Waals surface area contributed by atoms with Gasteiger partial charge in [-0.15, -0.1) is 6.58 Å². The molecule has 0 bridgehead atoms. The van der Waals surface area contributed by atoms with Crippen LogP contribution in [0.4, 0.5) is 0 Å². The van der Waals surface area contributed by atoms with E-state index < -0.39 is 5.97 Å². The molecule has 0 saturated carbocycles. The van der Waals surface area contributed by atoms with Gasteiger partial charge < -0.3 is 14.6 Å². The summed E-state index contributed by atoms with van der Waals surface area (Å²) < 4.78 is 4.68. The minimum Gasteiger partial charge on any atom is -0.464 e. The maximum absolute atomic E-state index is 12.5. The number of nitrogens with zero attached hydrogens (tertiary/aromatic N) is 1. The third-order valence-corrected chi connectivity index (χ3v) is 3.44. The number of aryl methyl sites for hydroxylation is 1. The van der Waals surface area contributed by atoms with E-state index in [-0.39, 0.29) is 23.9 Å². The molecule has 1 heterocycles. The molecule has 0 radical (unpaired) electrons. The first-order valence-corrected chi connectivity index (χ1v) is 7.06. The average Bonchev–Trinajstić information content (AvgIpc) is 2.80. The summed E-state index contributed by atoms with van der Waals surface area (Å²) in [4.78, 5) is 40.3. The van der Waals surface area contributed by atoms with E-state index in [9.17, 15) is 14.4 Å². The van der Waals surface area contributed by atoms with Crippen LogP contribution in [0.3, 0.4) is 0 Å². The zero-order chi connectivity index (χ0) is 16.9. The third-order valence-electron chi connectivity index (χ3n) is 3.44. The summed E-state index contributed by atoms with van der Waals surface area (Å²) in [5.41, 5.74) is 1.82. The maximum atomic E-state index is 12.5. The Kier molecular flexibility index (Phi) is 6.10. The molecule has 0 aliphatic carbocycles. The summed E-state index contributed by atoms with van der Waals surface area (Å²) in [5, 5.41) is 0. The minimum absolute atomic E-state index is 0.0428. The molecule has 0 aromatic carbocycles. The lowest BCUT2D eigenvalue weighted by Crippen LogP contribution is -2.35. The second kappa shape index (κ2) is 7.59. The van der Waals surface area contributed by atoms with Crippen LogP contribution in [0.1, 0.15) is 45.4 Å². The molecule has 0 fully saturated rings. The van der Waals surface area contributed by atoms with Crippen molar-refractivity contribution in [3.05, 3.63) is 35.2 Å². The van der Waals surface area contributed by atoms with Crippen molar-refractivity contribution >= 4 is 17.7 Å². The van der Waals surface area contributed by atoms with E-state index in [1.54, 1.807) is 26.8 Å². The van der Waals surface area contributed by atoms with E-state index in [1.807, 2.05) is 0 Å². The summed E-state index contributed by atoms with van der Waals surface area (Å²) in [6.07, 6.45) is 1.90. The third kappa shape index (κ3) is 3.63. The Bertz CT molecular complexity index is 602. The van der Waals surface area contributed by atoms with E-state index in [4.69, 9.17) is 0 Å². The summed E-state index contributed by atoms with van der Waals surface area (Å²) in [6, 6.07) is 0. The molecule has 0 spiro atoms.